The van der Waals surface area contributed by atoms with Crippen molar-refractivity contribution < 1.29 is 14.7 Å². The Balaban J connectivity index is 1.78. The van der Waals surface area contributed by atoms with Crippen LogP contribution in [0.2, 0.25) is 0 Å². The third kappa shape index (κ3) is 2.36. The van der Waals surface area contributed by atoms with Gasteiger partial charge in [0.25, 0.3) is 0 Å². The van der Waals surface area contributed by atoms with Crippen molar-refractivity contribution >= 4 is 17.5 Å². The first-order valence-electron chi connectivity index (χ1n) is 7.02. The topological polar surface area (TPSA) is 96.9 Å². The molecule has 2 aromatic heterocycles. The Morgan fingerprint density at radius 1 is 1.36 bits per heavy atom. The molecule has 1 aliphatic rings. The summed E-state index contributed by atoms with van der Waals surface area (Å²) in [5.41, 5.74) is 0.0875. The van der Waals surface area contributed by atoms with Gasteiger partial charge in [0, 0.05) is 19.3 Å². The molecule has 1 amide bonds. The van der Waals surface area contributed by atoms with E-state index in [1.165, 1.54) is 9.30 Å². The first-order valence-corrected chi connectivity index (χ1v) is 7.02. The Kier molecular flexibility index (Phi) is 3.44. The fourth-order valence-electron chi connectivity index (χ4n) is 2.79. The molecule has 116 valence electrons. The predicted octanol–water partition coefficient (Wildman–Crippen LogP) is -0.325. The normalized spacial score (nSPS) is 21.4. The maximum absolute atomic E-state index is 12.3. The van der Waals surface area contributed by atoms with Crippen molar-refractivity contribution in [2.75, 3.05) is 13.1 Å². The molecular formula is C14H16N4O4. The minimum atomic E-state index is -0.896. The average Bonchev–Trinajstić information content (AvgIpc) is 3.01. The van der Waals surface area contributed by atoms with E-state index in [0.29, 0.717) is 12.2 Å². The average molecular weight is 304 g/mol. The van der Waals surface area contributed by atoms with Gasteiger partial charge in [-0.05, 0) is 18.1 Å². The van der Waals surface area contributed by atoms with Crippen LogP contribution >= 0.6 is 0 Å². The maximum atomic E-state index is 12.3. The molecule has 8 heteroatoms. The number of aliphatic carboxylic acids is 1. The van der Waals surface area contributed by atoms with Crippen molar-refractivity contribution in [3.05, 3.63) is 34.9 Å². The third-order valence-electron chi connectivity index (χ3n) is 4.06. The highest BCUT2D eigenvalue weighted by molar-refractivity contribution is 5.78. The number of carbonyl (C=O) groups excluding carboxylic acids is 1. The van der Waals surface area contributed by atoms with E-state index in [0.717, 1.165) is 4.68 Å². The minimum absolute atomic E-state index is 0.0979. The van der Waals surface area contributed by atoms with Gasteiger partial charge in [0.1, 0.15) is 6.54 Å². The second kappa shape index (κ2) is 5.28. The lowest BCUT2D eigenvalue weighted by molar-refractivity contribution is -0.142. The van der Waals surface area contributed by atoms with E-state index in [9.17, 15) is 14.4 Å². The number of fused-ring (bicyclic) bond motifs is 1. The number of pyridine rings is 1. The summed E-state index contributed by atoms with van der Waals surface area (Å²) in [6.07, 6.45) is 1.59. The summed E-state index contributed by atoms with van der Waals surface area (Å²) in [4.78, 5) is 37.0. The van der Waals surface area contributed by atoms with Crippen molar-refractivity contribution in [3.63, 3.8) is 0 Å². The summed E-state index contributed by atoms with van der Waals surface area (Å²) in [6.45, 7) is 2.19. The van der Waals surface area contributed by atoms with E-state index in [1.807, 2.05) is 6.92 Å². The lowest BCUT2D eigenvalue weighted by atomic mass is 9.99. The summed E-state index contributed by atoms with van der Waals surface area (Å²) < 4.78 is 2.47. The lowest BCUT2D eigenvalue weighted by Crippen LogP contribution is -2.36. The van der Waals surface area contributed by atoms with Gasteiger partial charge in [0.2, 0.25) is 5.91 Å². The van der Waals surface area contributed by atoms with Gasteiger partial charge in [-0.15, -0.1) is 5.10 Å². The Morgan fingerprint density at radius 2 is 2.14 bits per heavy atom. The van der Waals surface area contributed by atoms with Crippen molar-refractivity contribution in [2.24, 2.45) is 11.8 Å². The number of rotatable bonds is 3. The highest BCUT2D eigenvalue weighted by atomic mass is 16.4. The molecule has 2 atom stereocenters. The first kappa shape index (κ1) is 14.3. The van der Waals surface area contributed by atoms with Crippen LogP contribution in [0.1, 0.15) is 6.92 Å². The van der Waals surface area contributed by atoms with Gasteiger partial charge >= 0.3 is 11.7 Å². The van der Waals surface area contributed by atoms with Crippen molar-refractivity contribution in [2.45, 2.75) is 13.5 Å². The largest absolute Gasteiger partial charge is 0.481 e. The van der Waals surface area contributed by atoms with Crippen LogP contribution in [0.5, 0.6) is 0 Å². The number of nitrogens with zero attached hydrogens (tertiary/aromatic N) is 4. The van der Waals surface area contributed by atoms with Crippen LogP contribution in [-0.4, -0.2) is 49.2 Å². The molecule has 0 saturated carbocycles. The quantitative estimate of drug-likeness (QED) is 0.838. The van der Waals surface area contributed by atoms with Crippen LogP contribution in [0.25, 0.3) is 5.65 Å². The molecule has 1 saturated heterocycles. The number of likely N-dealkylation sites (tertiary alicyclic amines) is 1. The van der Waals surface area contributed by atoms with Crippen molar-refractivity contribution in [1.29, 1.82) is 0 Å². The van der Waals surface area contributed by atoms with Crippen LogP contribution in [0.15, 0.2) is 29.2 Å². The molecule has 0 aliphatic carbocycles. The molecule has 1 aliphatic heterocycles. The minimum Gasteiger partial charge on any atom is -0.481 e. The molecule has 0 aromatic carbocycles. The third-order valence-corrected chi connectivity index (χ3v) is 4.06. The molecule has 1 fully saturated rings. The van der Waals surface area contributed by atoms with Gasteiger partial charge in [0.05, 0.1) is 5.92 Å². The van der Waals surface area contributed by atoms with Gasteiger partial charge in [-0.3, -0.25) is 14.0 Å². The smallest absolute Gasteiger partial charge is 0.350 e. The van der Waals surface area contributed by atoms with Crippen LogP contribution in [0, 0.1) is 11.8 Å². The van der Waals surface area contributed by atoms with Gasteiger partial charge in [0.15, 0.2) is 5.65 Å². The Morgan fingerprint density at radius 3 is 2.77 bits per heavy atom. The summed E-state index contributed by atoms with van der Waals surface area (Å²) in [6, 6.07) is 5.15. The number of hydrogen-bond acceptors (Lipinski definition) is 4. The summed E-state index contributed by atoms with van der Waals surface area (Å²) in [5.74, 6) is -1.84. The summed E-state index contributed by atoms with van der Waals surface area (Å²) in [5, 5.41) is 13.2. The summed E-state index contributed by atoms with van der Waals surface area (Å²) in [7, 11) is 0. The number of hydrogen-bond donors (Lipinski definition) is 1. The van der Waals surface area contributed by atoms with E-state index in [2.05, 4.69) is 5.10 Å². The molecule has 3 rings (SSSR count). The molecular weight excluding hydrogens is 288 g/mol. The lowest BCUT2D eigenvalue weighted by Gasteiger charge is -2.15. The van der Waals surface area contributed by atoms with Crippen LogP contribution in [-0.2, 0) is 16.1 Å². The molecule has 2 aromatic rings. The van der Waals surface area contributed by atoms with Crippen LogP contribution in [0.3, 0.4) is 0 Å². The zero-order chi connectivity index (χ0) is 15.9. The zero-order valence-corrected chi connectivity index (χ0v) is 12.0. The monoisotopic (exact) mass is 304 g/mol. The molecule has 22 heavy (non-hydrogen) atoms. The van der Waals surface area contributed by atoms with Crippen molar-refractivity contribution in [1.82, 2.24) is 19.1 Å². The fraction of sp³-hybridized carbons (Fsp3) is 0.429. The SMILES string of the molecule is C[C@@H]1CN(C(=O)Cn2nc3ccccn3c2=O)C[C@H]1C(=O)O. The second-order valence-corrected chi connectivity index (χ2v) is 5.59. The Bertz CT molecular complexity index is 793. The number of aromatic nitrogens is 3. The second-order valence-electron chi connectivity index (χ2n) is 5.59. The van der Waals surface area contributed by atoms with Gasteiger partial charge < -0.3 is 10.0 Å². The van der Waals surface area contributed by atoms with Crippen LogP contribution in [0.4, 0.5) is 0 Å². The van der Waals surface area contributed by atoms with Gasteiger partial charge in [-0.1, -0.05) is 13.0 Å². The molecule has 0 spiro atoms. The number of amides is 1. The van der Waals surface area contributed by atoms with E-state index in [1.54, 1.807) is 24.4 Å². The van der Waals surface area contributed by atoms with E-state index in [4.69, 9.17) is 5.11 Å². The Hall–Kier alpha value is -2.64. The van der Waals surface area contributed by atoms with E-state index < -0.39 is 11.9 Å². The molecule has 0 bridgehead atoms. The molecule has 8 nitrogen and oxygen atoms in total. The number of carboxylic acids is 1. The molecule has 1 N–H and O–H groups in total. The van der Waals surface area contributed by atoms with Gasteiger partial charge in [-0.2, -0.15) is 0 Å². The van der Waals surface area contributed by atoms with Gasteiger partial charge in [-0.25, -0.2) is 9.48 Å². The van der Waals surface area contributed by atoms with E-state index >= 15 is 0 Å². The van der Waals surface area contributed by atoms with Crippen molar-refractivity contribution in [3.8, 4) is 0 Å². The fourth-order valence-corrected chi connectivity index (χ4v) is 2.79. The van der Waals surface area contributed by atoms with E-state index in [-0.39, 0.29) is 30.6 Å². The standard InChI is InChI=1S/C14H16N4O4/c1-9-6-16(7-10(9)13(20)21)12(19)8-18-14(22)17-5-3-2-4-11(17)15-18/h2-5,9-10H,6-8H2,1H3,(H,20,21)/t9-,10-/m1/s1. The first-order chi connectivity index (χ1) is 10.5. The zero-order valence-electron chi connectivity index (χ0n) is 12.0. The number of carboxylic acid groups (broad SMARTS) is 1. The highest BCUT2D eigenvalue weighted by Gasteiger charge is 2.37. The van der Waals surface area contributed by atoms with Crippen LogP contribution < -0.4 is 5.69 Å². The molecule has 3 heterocycles. The number of carbonyl (C=O) groups is 2. The molecule has 0 radical (unpaired) electrons. The predicted molar refractivity (Wildman–Crippen MR) is 76.3 cm³/mol. The Labute approximate surface area is 125 Å². The highest BCUT2D eigenvalue weighted by Crippen LogP contribution is 2.23. The molecule has 0 unspecified atom stereocenters. The summed E-state index contributed by atoms with van der Waals surface area (Å²) >= 11 is 0. The maximum Gasteiger partial charge on any atom is 0.350 e.